The molecule has 1 aromatic carbocycles. The first kappa shape index (κ1) is 12.9. The first-order chi connectivity index (χ1) is 9.13. The zero-order valence-corrected chi connectivity index (χ0v) is 10.3. The summed E-state index contributed by atoms with van der Waals surface area (Å²) in [5.74, 6) is -1.86. The van der Waals surface area contributed by atoms with Gasteiger partial charge in [-0.1, -0.05) is 12.1 Å². The summed E-state index contributed by atoms with van der Waals surface area (Å²) in [5, 5.41) is 9.18. The predicted molar refractivity (Wildman–Crippen MR) is 68.1 cm³/mol. The molecule has 1 atom stereocenters. The van der Waals surface area contributed by atoms with Gasteiger partial charge in [-0.2, -0.15) is 5.26 Å². The fourth-order valence-corrected chi connectivity index (χ4v) is 1.85. The second-order valence-corrected chi connectivity index (χ2v) is 4.17. The van der Waals surface area contributed by atoms with Crippen LogP contribution in [-0.4, -0.2) is 10.8 Å². The Balaban J connectivity index is 2.43. The van der Waals surface area contributed by atoms with Crippen molar-refractivity contribution in [3.63, 3.8) is 0 Å². The lowest BCUT2D eigenvalue weighted by atomic mass is 9.91. The Morgan fingerprint density at radius 1 is 1.42 bits per heavy atom. The average molecular weight is 254 g/mol. The lowest BCUT2D eigenvalue weighted by Crippen LogP contribution is -2.13. The van der Waals surface area contributed by atoms with E-state index in [2.05, 4.69) is 4.98 Å². The smallest absolute Gasteiger partial charge is 0.184 e. The van der Waals surface area contributed by atoms with E-state index in [1.54, 1.807) is 25.3 Å². The Bertz CT molecular complexity index is 647. The number of carbonyl (C=O) groups is 1. The number of aromatic nitrogens is 1. The summed E-state index contributed by atoms with van der Waals surface area (Å²) in [4.78, 5) is 16.2. The number of nitriles is 1. The molecule has 94 valence electrons. The Hall–Kier alpha value is -2.54. The second-order valence-electron chi connectivity index (χ2n) is 4.17. The number of pyridine rings is 1. The first-order valence-corrected chi connectivity index (χ1v) is 5.73. The van der Waals surface area contributed by atoms with Crippen molar-refractivity contribution in [2.45, 2.75) is 12.8 Å². The van der Waals surface area contributed by atoms with Crippen molar-refractivity contribution in [1.29, 1.82) is 5.26 Å². The molecular weight excluding hydrogens is 243 g/mol. The van der Waals surface area contributed by atoms with Crippen LogP contribution in [0.4, 0.5) is 4.39 Å². The van der Waals surface area contributed by atoms with Crippen molar-refractivity contribution in [3.8, 4) is 6.07 Å². The number of aryl methyl sites for hydroxylation is 1. The largest absolute Gasteiger partial charge is 0.292 e. The molecule has 2 aromatic rings. The molecule has 2 rings (SSSR count). The van der Waals surface area contributed by atoms with E-state index in [4.69, 9.17) is 0 Å². The van der Waals surface area contributed by atoms with Crippen molar-refractivity contribution >= 4 is 5.78 Å². The Morgan fingerprint density at radius 3 is 2.84 bits per heavy atom. The Kier molecular flexibility index (Phi) is 3.67. The molecule has 0 bridgehead atoms. The highest BCUT2D eigenvalue weighted by molar-refractivity contribution is 6.03. The number of rotatable bonds is 3. The maximum Gasteiger partial charge on any atom is 0.184 e. The van der Waals surface area contributed by atoms with E-state index >= 15 is 0 Å². The number of hydrogen-bond donors (Lipinski definition) is 0. The molecule has 0 radical (unpaired) electrons. The summed E-state index contributed by atoms with van der Waals surface area (Å²) in [6.07, 6.45) is 3.04. The molecular formula is C15H11FN2O. The number of Topliss-reactive ketones (excluding diaryl/α,β-unsaturated/α-hetero) is 1. The number of nitrogens with zero attached hydrogens (tertiary/aromatic N) is 2. The summed E-state index contributed by atoms with van der Waals surface area (Å²) in [7, 11) is 0. The van der Waals surface area contributed by atoms with Gasteiger partial charge in [-0.25, -0.2) is 4.39 Å². The zero-order valence-electron chi connectivity index (χ0n) is 10.3. The minimum Gasteiger partial charge on any atom is -0.292 e. The highest BCUT2D eigenvalue weighted by atomic mass is 19.1. The Labute approximate surface area is 110 Å². The SMILES string of the molecule is Cc1ccc(F)cc1C(=O)C(C#N)c1cccnc1. The predicted octanol–water partition coefficient (Wildman–Crippen LogP) is 3.02. The van der Waals surface area contributed by atoms with E-state index < -0.39 is 17.5 Å². The Morgan fingerprint density at radius 2 is 2.21 bits per heavy atom. The van der Waals surface area contributed by atoms with Crippen molar-refractivity contribution < 1.29 is 9.18 Å². The van der Waals surface area contributed by atoms with Crippen LogP contribution in [0, 0.1) is 24.1 Å². The topological polar surface area (TPSA) is 53.8 Å². The van der Waals surface area contributed by atoms with Gasteiger partial charge in [0.05, 0.1) is 6.07 Å². The monoisotopic (exact) mass is 254 g/mol. The average Bonchev–Trinajstić information content (AvgIpc) is 2.43. The van der Waals surface area contributed by atoms with Crippen LogP contribution in [0.5, 0.6) is 0 Å². The van der Waals surface area contributed by atoms with E-state index in [1.807, 2.05) is 6.07 Å². The molecule has 4 heteroatoms. The fraction of sp³-hybridized carbons (Fsp3) is 0.133. The molecule has 0 saturated heterocycles. The summed E-state index contributed by atoms with van der Waals surface area (Å²) in [6.45, 7) is 1.71. The fourth-order valence-electron chi connectivity index (χ4n) is 1.85. The number of hydrogen-bond acceptors (Lipinski definition) is 3. The third-order valence-electron chi connectivity index (χ3n) is 2.87. The summed E-state index contributed by atoms with van der Waals surface area (Å²) in [6, 6.07) is 9.25. The molecule has 1 unspecified atom stereocenters. The molecule has 0 aliphatic rings. The van der Waals surface area contributed by atoms with Gasteiger partial charge in [0.25, 0.3) is 0 Å². The maximum absolute atomic E-state index is 13.2. The van der Waals surface area contributed by atoms with Gasteiger partial charge in [0, 0.05) is 18.0 Å². The van der Waals surface area contributed by atoms with Crippen molar-refractivity contribution in [2.75, 3.05) is 0 Å². The van der Waals surface area contributed by atoms with E-state index in [1.165, 1.54) is 24.4 Å². The highest BCUT2D eigenvalue weighted by Crippen LogP contribution is 2.22. The second kappa shape index (κ2) is 5.40. The van der Waals surface area contributed by atoms with E-state index in [9.17, 15) is 14.4 Å². The van der Waals surface area contributed by atoms with Crippen molar-refractivity contribution in [1.82, 2.24) is 4.98 Å². The normalized spacial score (nSPS) is 11.6. The van der Waals surface area contributed by atoms with Gasteiger partial charge >= 0.3 is 0 Å². The number of benzene rings is 1. The van der Waals surface area contributed by atoms with Crippen molar-refractivity contribution in [3.05, 3.63) is 65.2 Å². The molecule has 0 amide bonds. The molecule has 0 aliphatic carbocycles. The van der Waals surface area contributed by atoms with Crippen LogP contribution in [-0.2, 0) is 0 Å². The van der Waals surface area contributed by atoms with Gasteiger partial charge in [0.15, 0.2) is 5.78 Å². The molecule has 0 aliphatic heterocycles. The molecule has 0 N–H and O–H groups in total. The minimum absolute atomic E-state index is 0.232. The maximum atomic E-state index is 13.2. The first-order valence-electron chi connectivity index (χ1n) is 5.73. The van der Waals surface area contributed by atoms with Crippen LogP contribution < -0.4 is 0 Å². The molecule has 3 nitrogen and oxygen atoms in total. The van der Waals surface area contributed by atoms with Crippen LogP contribution >= 0.6 is 0 Å². The van der Waals surface area contributed by atoms with Gasteiger partial charge in [-0.3, -0.25) is 9.78 Å². The molecule has 1 heterocycles. The van der Waals surface area contributed by atoms with Gasteiger partial charge in [-0.15, -0.1) is 0 Å². The number of ketones is 1. The lowest BCUT2D eigenvalue weighted by molar-refractivity contribution is 0.0977. The van der Waals surface area contributed by atoms with Crippen LogP contribution in [0.15, 0.2) is 42.7 Å². The van der Waals surface area contributed by atoms with E-state index in [-0.39, 0.29) is 5.56 Å². The molecule has 0 fully saturated rings. The van der Waals surface area contributed by atoms with Crippen LogP contribution in [0.2, 0.25) is 0 Å². The molecule has 0 spiro atoms. The highest BCUT2D eigenvalue weighted by Gasteiger charge is 2.23. The van der Waals surface area contributed by atoms with Gasteiger partial charge in [0.2, 0.25) is 0 Å². The quantitative estimate of drug-likeness (QED) is 0.791. The number of carbonyl (C=O) groups excluding carboxylic acids is 1. The summed E-state index contributed by atoms with van der Waals surface area (Å²) < 4.78 is 13.2. The molecule has 0 saturated carbocycles. The van der Waals surface area contributed by atoms with Gasteiger partial charge < -0.3 is 0 Å². The standard InChI is InChI=1S/C15H11FN2O/c1-10-4-5-12(16)7-13(10)15(19)14(8-17)11-3-2-6-18-9-11/h2-7,9,14H,1H3. The molecule has 19 heavy (non-hydrogen) atoms. The van der Waals surface area contributed by atoms with Crippen LogP contribution in [0.3, 0.4) is 0 Å². The zero-order chi connectivity index (χ0) is 13.8. The van der Waals surface area contributed by atoms with Gasteiger partial charge in [-0.05, 0) is 36.2 Å². The van der Waals surface area contributed by atoms with Crippen LogP contribution in [0.1, 0.15) is 27.4 Å². The summed E-state index contributed by atoms with van der Waals surface area (Å²) >= 11 is 0. The van der Waals surface area contributed by atoms with Crippen molar-refractivity contribution in [2.24, 2.45) is 0 Å². The third kappa shape index (κ3) is 2.66. The minimum atomic E-state index is -0.964. The van der Waals surface area contributed by atoms with E-state index in [0.717, 1.165) is 0 Å². The molecule has 1 aromatic heterocycles. The van der Waals surface area contributed by atoms with Crippen LogP contribution in [0.25, 0.3) is 0 Å². The summed E-state index contributed by atoms with van der Waals surface area (Å²) in [5.41, 5.74) is 1.39. The third-order valence-corrected chi connectivity index (χ3v) is 2.87. The van der Waals surface area contributed by atoms with Gasteiger partial charge in [0.1, 0.15) is 11.7 Å². The lowest BCUT2D eigenvalue weighted by Gasteiger charge is -2.10. The number of halogens is 1. The van der Waals surface area contributed by atoms with E-state index in [0.29, 0.717) is 11.1 Å².